The van der Waals surface area contributed by atoms with Gasteiger partial charge in [0.25, 0.3) is 0 Å². The first-order chi connectivity index (χ1) is 10.0. The minimum atomic E-state index is -0.453. The highest BCUT2D eigenvalue weighted by Crippen LogP contribution is 2.34. The zero-order valence-corrected chi connectivity index (χ0v) is 12.8. The summed E-state index contributed by atoms with van der Waals surface area (Å²) in [6.07, 6.45) is 0. The summed E-state index contributed by atoms with van der Waals surface area (Å²) in [5.74, 6) is -0.453. The summed E-state index contributed by atoms with van der Waals surface area (Å²) in [6, 6.07) is 10.2. The third-order valence-corrected chi connectivity index (χ3v) is 3.62. The van der Waals surface area contributed by atoms with Crippen molar-refractivity contribution in [2.75, 3.05) is 17.7 Å². The molecule has 21 heavy (non-hydrogen) atoms. The zero-order valence-electron chi connectivity index (χ0n) is 11.3. The third-order valence-electron chi connectivity index (χ3n) is 2.80. The molecule has 0 saturated carbocycles. The number of hydrogen-bond donors (Lipinski definition) is 2. The van der Waals surface area contributed by atoms with Gasteiger partial charge in [-0.3, -0.25) is 0 Å². The van der Waals surface area contributed by atoms with Gasteiger partial charge in [0.15, 0.2) is 0 Å². The van der Waals surface area contributed by atoms with Crippen LogP contribution < -0.4 is 11.1 Å². The number of carbonyl (C=O) groups is 1. The Hall–Kier alpha value is -1.91. The standard InChI is InChI=1S/C15H14Cl2N2O2/c1-2-21-15(20)9-5-3-7-11(18)14(9)19-12-8-4-6-10(16)13(12)17/h3-8,19H,2,18H2,1H3. The van der Waals surface area contributed by atoms with E-state index in [0.29, 0.717) is 32.7 Å². The van der Waals surface area contributed by atoms with E-state index in [9.17, 15) is 4.79 Å². The number of nitrogen functional groups attached to an aromatic ring is 1. The Morgan fingerprint density at radius 2 is 1.95 bits per heavy atom. The predicted molar refractivity (Wildman–Crippen MR) is 86.6 cm³/mol. The van der Waals surface area contributed by atoms with Crippen LogP contribution in [0.5, 0.6) is 0 Å². The Balaban J connectivity index is 2.44. The summed E-state index contributed by atoms with van der Waals surface area (Å²) >= 11 is 12.1. The number of anilines is 3. The molecule has 0 unspecified atom stereocenters. The smallest absolute Gasteiger partial charge is 0.340 e. The number of ether oxygens (including phenoxy) is 1. The lowest BCUT2D eigenvalue weighted by molar-refractivity contribution is 0.0527. The maximum Gasteiger partial charge on any atom is 0.340 e. The summed E-state index contributed by atoms with van der Waals surface area (Å²) in [5.41, 5.74) is 7.71. The molecule has 0 atom stereocenters. The lowest BCUT2D eigenvalue weighted by Gasteiger charge is -2.15. The van der Waals surface area contributed by atoms with Crippen molar-refractivity contribution in [1.82, 2.24) is 0 Å². The molecule has 0 spiro atoms. The van der Waals surface area contributed by atoms with Gasteiger partial charge in [-0.15, -0.1) is 0 Å². The molecule has 110 valence electrons. The molecule has 3 N–H and O–H groups in total. The fourth-order valence-electron chi connectivity index (χ4n) is 1.82. The number of para-hydroxylation sites is 1. The molecule has 0 aliphatic carbocycles. The quantitative estimate of drug-likeness (QED) is 0.642. The second-order valence-electron chi connectivity index (χ2n) is 4.22. The van der Waals surface area contributed by atoms with Crippen molar-refractivity contribution >= 4 is 46.2 Å². The molecular weight excluding hydrogens is 311 g/mol. The van der Waals surface area contributed by atoms with Crippen molar-refractivity contribution in [3.63, 3.8) is 0 Å². The summed E-state index contributed by atoms with van der Waals surface area (Å²) in [6.45, 7) is 2.02. The average Bonchev–Trinajstić information content (AvgIpc) is 2.46. The molecular formula is C15H14Cl2N2O2. The molecule has 0 aliphatic rings. The number of esters is 1. The van der Waals surface area contributed by atoms with Crippen molar-refractivity contribution in [2.24, 2.45) is 0 Å². The van der Waals surface area contributed by atoms with E-state index in [1.807, 2.05) is 0 Å². The van der Waals surface area contributed by atoms with E-state index in [4.69, 9.17) is 33.7 Å². The topological polar surface area (TPSA) is 64.3 Å². The summed E-state index contributed by atoms with van der Waals surface area (Å²) < 4.78 is 5.02. The summed E-state index contributed by atoms with van der Waals surface area (Å²) in [5, 5.41) is 3.82. The zero-order chi connectivity index (χ0) is 15.4. The van der Waals surface area contributed by atoms with Crippen LogP contribution in [0.2, 0.25) is 10.0 Å². The van der Waals surface area contributed by atoms with E-state index < -0.39 is 5.97 Å². The first-order valence-electron chi connectivity index (χ1n) is 6.31. The average molecular weight is 325 g/mol. The fraction of sp³-hybridized carbons (Fsp3) is 0.133. The largest absolute Gasteiger partial charge is 0.462 e. The first-order valence-corrected chi connectivity index (χ1v) is 7.06. The van der Waals surface area contributed by atoms with Crippen LogP contribution in [0.3, 0.4) is 0 Å². The normalized spacial score (nSPS) is 10.2. The molecule has 0 fully saturated rings. The Morgan fingerprint density at radius 3 is 2.67 bits per heavy atom. The molecule has 6 heteroatoms. The van der Waals surface area contributed by atoms with Gasteiger partial charge in [0.1, 0.15) is 0 Å². The third kappa shape index (κ3) is 3.40. The van der Waals surface area contributed by atoms with Crippen LogP contribution in [0.4, 0.5) is 17.1 Å². The highest BCUT2D eigenvalue weighted by molar-refractivity contribution is 6.43. The maximum absolute atomic E-state index is 12.0. The molecule has 2 aromatic carbocycles. The molecule has 0 bridgehead atoms. The predicted octanol–water partition coefficient (Wildman–Crippen LogP) is 4.50. The van der Waals surface area contributed by atoms with Gasteiger partial charge in [-0.1, -0.05) is 35.3 Å². The van der Waals surface area contributed by atoms with Crippen molar-refractivity contribution in [3.05, 3.63) is 52.0 Å². The van der Waals surface area contributed by atoms with Gasteiger partial charge in [0.2, 0.25) is 0 Å². The van der Waals surface area contributed by atoms with Crippen LogP contribution in [0, 0.1) is 0 Å². The molecule has 2 rings (SSSR count). The number of halogens is 2. The molecule has 0 heterocycles. The Morgan fingerprint density at radius 1 is 1.24 bits per heavy atom. The van der Waals surface area contributed by atoms with Crippen molar-refractivity contribution in [2.45, 2.75) is 6.92 Å². The Labute approximate surface area is 132 Å². The van der Waals surface area contributed by atoms with Crippen LogP contribution in [-0.2, 0) is 4.74 Å². The monoisotopic (exact) mass is 324 g/mol. The van der Waals surface area contributed by atoms with Gasteiger partial charge < -0.3 is 15.8 Å². The fourth-order valence-corrected chi connectivity index (χ4v) is 2.17. The molecule has 0 amide bonds. The van der Waals surface area contributed by atoms with Gasteiger partial charge in [-0.25, -0.2) is 4.79 Å². The van der Waals surface area contributed by atoms with E-state index in [1.54, 1.807) is 43.3 Å². The minimum Gasteiger partial charge on any atom is -0.462 e. The first kappa shape index (κ1) is 15.5. The van der Waals surface area contributed by atoms with Crippen molar-refractivity contribution in [1.29, 1.82) is 0 Å². The number of hydrogen-bond acceptors (Lipinski definition) is 4. The molecule has 2 aromatic rings. The Kier molecular flexibility index (Phi) is 4.94. The summed E-state index contributed by atoms with van der Waals surface area (Å²) in [7, 11) is 0. The van der Waals surface area contributed by atoms with Gasteiger partial charge >= 0.3 is 5.97 Å². The number of rotatable bonds is 4. The highest BCUT2D eigenvalue weighted by atomic mass is 35.5. The van der Waals surface area contributed by atoms with E-state index in [1.165, 1.54) is 0 Å². The van der Waals surface area contributed by atoms with E-state index in [2.05, 4.69) is 5.32 Å². The maximum atomic E-state index is 12.0. The van der Waals surface area contributed by atoms with E-state index in [-0.39, 0.29) is 6.61 Å². The number of benzene rings is 2. The van der Waals surface area contributed by atoms with Gasteiger partial charge in [-0.2, -0.15) is 0 Å². The highest BCUT2D eigenvalue weighted by Gasteiger charge is 2.16. The van der Waals surface area contributed by atoms with E-state index in [0.717, 1.165) is 0 Å². The second kappa shape index (κ2) is 6.70. The van der Waals surface area contributed by atoms with Crippen LogP contribution in [0.25, 0.3) is 0 Å². The molecule has 0 radical (unpaired) electrons. The Bertz CT molecular complexity index is 675. The number of nitrogens with two attached hydrogens (primary N) is 1. The van der Waals surface area contributed by atoms with Crippen molar-refractivity contribution in [3.8, 4) is 0 Å². The SMILES string of the molecule is CCOC(=O)c1cccc(N)c1Nc1cccc(Cl)c1Cl. The lowest BCUT2D eigenvalue weighted by atomic mass is 10.1. The van der Waals surface area contributed by atoms with Crippen LogP contribution in [-0.4, -0.2) is 12.6 Å². The van der Waals surface area contributed by atoms with Crippen LogP contribution in [0.1, 0.15) is 17.3 Å². The van der Waals surface area contributed by atoms with Gasteiger partial charge in [0.05, 0.1) is 39.3 Å². The lowest BCUT2D eigenvalue weighted by Crippen LogP contribution is -2.09. The summed E-state index contributed by atoms with van der Waals surface area (Å²) in [4.78, 5) is 12.0. The molecule has 0 aromatic heterocycles. The minimum absolute atomic E-state index is 0.283. The number of nitrogens with one attached hydrogen (secondary N) is 1. The number of carbonyl (C=O) groups excluding carboxylic acids is 1. The van der Waals surface area contributed by atoms with Gasteiger partial charge in [-0.05, 0) is 31.2 Å². The van der Waals surface area contributed by atoms with E-state index >= 15 is 0 Å². The van der Waals surface area contributed by atoms with Crippen LogP contribution >= 0.6 is 23.2 Å². The second-order valence-corrected chi connectivity index (χ2v) is 5.00. The van der Waals surface area contributed by atoms with Crippen molar-refractivity contribution < 1.29 is 9.53 Å². The van der Waals surface area contributed by atoms with Gasteiger partial charge in [0, 0.05) is 0 Å². The molecule has 0 saturated heterocycles. The molecule has 0 aliphatic heterocycles. The van der Waals surface area contributed by atoms with Crippen LogP contribution in [0.15, 0.2) is 36.4 Å². The molecule has 4 nitrogen and oxygen atoms in total.